The smallest absolute Gasteiger partial charge is 0.408 e. The van der Waals surface area contributed by atoms with Gasteiger partial charge in [-0.2, -0.15) is 0 Å². The minimum Gasteiger partial charge on any atom is -0.468 e. The quantitative estimate of drug-likeness (QED) is 0.0805. The van der Waals surface area contributed by atoms with Crippen LogP contribution in [-0.4, -0.2) is 70.4 Å². The molecule has 0 fully saturated rings. The normalized spacial score (nSPS) is 14.2. The van der Waals surface area contributed by atoms with Gasteiger partial charge in [0, 0.05) is 41.9 Å². The first-order valence-corrected chi connectivity index (χ1v) is 18.2. The number of rotatable bonds is 17. The lowest BCUT2D eigenvalue weighted by molar-refractivity contribution is -0.137. The molecule has 48 heavy (non-hydrogen) atoms. The lowest BCUT2D eigenvalue weighted by Gasteiger charge is -2.28. The number of aromatic nitrogens is 1. The first-order valence-electron chi connectivity index (χ1n) is 15.2. The minimum atomic E-state index is -4.38. The van der Waals surface area contributed by atoms with Gasteiger partial charge in [0.15, 0.2) is 0 Å². The standard InChI is InChI=1S/C34H39N4O8PS/c1-45-31(39)22-48-21-26(33(41)37-29(32(35)40)17-25-18-36-28-15-9-8-14-27(25)28)20-47(43,44)30(16-23-10-4-2-5-11-23)38-34(42)46-19-24-12-6-3-7-13-24/h2-15,18,26,29-30,36H,16-17,19-22H2,1H3,(H2,35,40)(H,37,41)(H,38,42)(H,43,44)/t26?,29-,30+/m0/s1. The summed E-state index contributed by atoms with van der Waals surface area (Å²) in [6, 6.07) is 24.1. The Kier molecular flexibility index (Phi) is 13.2. The summed E-state index contributed by atoms with van der Waals surface area (Å²) in [5.74, 6) is -4.65. The molecule has 1 heterocycles. The zero-order valence-electron chi connectivity index (χ0n) is 26.4. The van der Waals surface area contributed by atoms with Gasteiger partial charge >= 0.3 is 12.1 Å². The van der Waals surface area contributed by atoms with Crippen molar-refractivity contribution >= 4 is 53.9 Å². The van der Waals surface area contributed by atoms with Crippen molar-refractivity contribution in [3.8, 4) is 0 Å². The van der Waals surface area contributed by atoms with E-state index in [2.05, 4.69) is 15.6 Å². The Labute approximate surface area is 282 Å². The fourth-order valence-corrected chi connectivity index (χ4v) is 8.18. The number of para-hydroxylation sites is 1. The number of H-pyrrole nitrogens is 1. The van der Waals surface area contributed by atoms with Crippen molar-refractivity contribution in [1.82, 2.24) is 15.6 Å². The van der Waals surface area contributed by atoms with Crippen molar-refractivity contribution < 1.29 is 38.1 Å². The summed E-state index contributed by atoms with van der Waals surface area (Å²) in [4.78, 5) is 65.6. The van der Waals surface area contributed by atoms with Gasteiger partial charge in [0.2, 0.25) is 19.2 Å². The Bertz CT molecular complexity index is 1740. The number of aromatic amines is 1. The van der Waals surface area contributed by atoms with Crippen LogP contribution in [0, 0.1) is 5.92 Å². The molecule has 4 rings (SSSR count). The number of fused-ring (bicyclic) bond motifs is 1. The molecule has 3 aromatic carbocycles. The average Bonchev–Trinajstić information content (AvgIpc) is 3.49. The Morgan fingerprint density at radius 2 is 1.56 bits per heavy atom. The zero-order chi connectivity index (χ0) is 34.5. The number of thioether (sulfide) groups is 1. The third-order valence-corrected chi connectivity index (χ3v) is 11.0. The summed E-state index contributed by atoms with van der Waals surface area (Å²) in [7, 11) is -3.15. The summed E-state index contributed by atoms with van der Waals surface area (Å²) >= 11 is 1.04. The molecule has 0 aliphatic rings. The van der Waals surface area contributed by atoms with Crippen LogP contribution in [0.3, 0.4) is 0 Å². The molecule has 254 valence electrons. The van der Waals surface area contributed by atoms with E-state index < -0.39 is 55.2 Å². The van der Waals surface area contributed by atoms with Crippen LogP contribution in [0.1, 0.15) is 16.7 Å². The van der Waals surface area contributed by atoms with Crippen LogP contribution in [0.25, 0.3) is 10.9 Å². The SMILES string of the molecule is COC(=O)CSCC(CP(=O)(O)[C@H](Cc1ccccc1)NC(=O)OCc1ccccc1)C(=O)N[C@@H](Cc1c[nH]c2ccccc12)C(N)=O. The van der Waals surface area contributed by atoms with Gasteiger partial charge in [-0.15, -0.1) is 11.8 Å². The second kappa shape index (κ2) is 17.5. The number of primary amides is 1. The fourth-order valence-electron chi connectivity index (χ4n) is 5.06. The Morgan fingerprint density at radius 1 is 0.917 bits per heavy atom. The van der Waals surface area contributed by atoms with E-state index in [0.717, 1.165) is 33.8 Å². The minimum absolute atomic E-state index is 0.0246. The number of nitrogens with two attached hydrogens (primary N) is 1. The van der Waals surface area contributed by atoms with Crippen molar-refractivity contribution in [1.29, 1.82) is 0 Å². The highest BCUT2D eigenvalue weighted by Gasteiger charge is 2.38. The molecule has 4 aromatic rings. The molecule has 2 unspecified atom stereocenters. The largest absolute Gasteiger partial charge is 0.468 e. The number of alkyl carbamates (subject to hydrolysis) is 1. The van der Waals surface area contributed by atoms with E-state index in [0.29, 0.717) is 5.56 Å². The molecule has 14 heteroatoms. The van der Waals surface area contributed by atoms with E-state index in [4.69, 9.17) is 15.2 Å². The molecule has 0 saturated heterocycles. The molecular weight excluding hydrogens is 655 g/mol. The molecule has 0 aliphatic heterocycles. The number of carbonyl (C=O) groups excluding carboxylic acids is 4. The predicted octanol–water partition coefficient (Wildman–Crippen LogP) is 3.97. The molecular formula is C34H39N4O8PS. The van der Waals surface area contributed by atoms with E-state index in [-0.39, 0.29) is 31.0 Å². The second-order valence-electron chi connectivity index (χ2n) is 11.2. The van der Waals surface area contributed by atoms with Gasteiger partial charge < -0.3 is 35.7 Å². The van der Waals surface area contributed by atoms with Crippen LogP contribution in [-0.2, 0) is 47.9 Å². The van der Waals surface area contributed by atoms with Crippen molar-refractivity contribution in [3.05, 3.63) is 108 Å². The Balaban J connectivity index is 1.53. The van der Waals surface area contributed by atoms with E-state index in [1.54, 1.807) is 60.8 Å². The highest BCUT2D eigenvalue weighted by atomic mass is 32.2. The monoisotopic (exact) mass is 694 g/mol. The maximum absolute atomic E-state index is 14.1. The summed E-state index contributed by atoms with van der Waals surface area (Å²) < 4.78 is 24.2. The molecule has 6 N–H and O–H groups in total. The van der Waals surface area contributed by atoms with E-state index in [9.17, 15) is 28.6 Å². The molecule has 0 spiro atoms. The number of amides is 3. The average molecular weight is 695 g/mol. The van der Waals surface area contributed by atoms with Crippen LogP contribution in [0.5, 0.6) is 0 Å². The van der Waals surface area contributed by atoms with Crippen LogP contribution in [0.4, 0.5) is 4.79 Å². The van der Waals surface area contributed by atoms with Gasteiger partial charge in [0.1, 0.15) is 18.4 Å². The number of nitrogens with one attached hydrogen (secondary N) is 3. The second-order valence-corrected chi connectivity index (χ2v) is 14.7. The van der Waals surface area contributed by atoms with Crippen LogP contribution >= 0.6 is 19.1 Å². The van der Waals surface area contributed by atoms with Crippen molar-refractivity contribution in [3.63, 3.8) is 0 Å². The number of hydrogen-bond acceptors (Lipinski definition) is 8. The van der Waals surface area contributed by atoms with Gasteiger partial charge in [0.05, 0.1) is 18.8 Å². The van der Waals surface area contributed by atoms with Gasteiger partial charge in [0.25, 0.3) is 0 Å². The van der Waals surface area contributed by atoms with Gasteiger partial charge in [-0.25, -0.2) is 4.79 Å². The van der Waals surface area contributed by atoms with E-state index >= 15 is 0 Å². The molecule has 4 atom stereocenters. The maximum atomic E-state index is 14.1. The predicted molar refractivity (Wildman–Crippen MR) is 184 cm³/mol. The molecule has 3 amide bonds. The summed E-state index contributed by atoms with van der Waals surface area (Å²) in [6.07, 6.45) is 0.318. The van der Waals surface area contributed by atoms with Crippen LogP contribution in [0.2, 0.25) is 0 Å². The number of carbonyl (C=O) groups is 4. The summed E-state index contributed by atoms with van der Waals surface area (Å²) in [5.41, 5.74) is 8.70. The topological polar surface area (TPSA) is 190 Å². The summed E-state index contributed by atoms with van der Waals surface area (Å²) in [6.45, 7) is -0.0550. The third-order valence-electron chi connectivity index (χ3n) is 7.63. The lowest BCUT2D eigenvalue weighted by Crippen LogP contribution is -2.49. The highest BCUT2D eigenvalue weighted by molar-refractivity contribution is 7.99. The number of benzene rings is 3. The first kappa shape index (κ1) is 36.3. The molecule has 0 aliphatic carbocycles. The number of hydrogen-bond donors (Lipinski definition) is 5. The van der Waals surface area contributed by atoms with Crippen LogP contribution in [0.15, 0.2) is 91.1 Å². The maximum Gasteiger partial charge on any atom is 0.408 e. The van der Waals surface area contributed by atoms with Gasteiger partial charge in [-0.3, -0.25) is 18.9 Å². The van der Waals surface area contributed by atoms with Crippen molar-refractivity contribution in [2.75, 3.05) is 24.8 Å². The van der Waals surface area contributed by atoms with Crippen LogP contribution < -0.4 is 16.4 Å². The molecule has 0 bridgehead atoms. The fraction of sp³-hybridized carbons (Fsp3) is 0.294. The van der Waals surface area contributed by atoms with Gasteiger partial charge in [-0.05, 0) is 22.8 Å². The van der Waals surface area contributed by atoms with Gasteiger partial charge in [-0.1, -0.05) is 78.9 Å². The number of ether oxygens (including phenoxy) is 2. The molecule has 12 nitrogen and oxygen atoms in total. The zero-order valence-corrected chi connectivity index (χ0v) is 28.1. The molecule has 0 radical (unpaired) electrons. The third kappa shape index (κ3) is 10.7. The van der Waals surface area contributed by atoms with E-state index in [1.165, 1.54) is 7.11 Å². The Hall–Kier alpha value is -4.58. The number of methoxy groups -OCH3 is 1. The Morgan fingerprint density at radius 3 is 2.23 bits per heavy atom. The highest BCUT2D eigenvalue weighted by Crippen LogP contribution is 2.48. The van der Waals surface area contributed by atoms with Crippen molar-refractivity contribution in [2.45, 2.75) is 31.3 Å². The van der Waals surface area contributed by atoms with E-state index in [1.807, 2.05) is 30.3 Å². The molecule has 0 saturated carbocycles. The first-order chi connectivity index (χ1) is 23.1. The number of esters is 1. The summed E-state index contributed by atoms with van der Waals surface area (Å²) in [5, 5.41) is 6.06. The molecule has 1 aromatic heterocycles. The lowest BCUT2D eigenvalue weighted by atomic mass is 10.0. The van der Waals surface area contributed by atoms with Crippen molar-refractivity contribution in [2.24, 2.45) is 11.7 Å².